The minimum absolute atomic E-state index is 0.0909. The number of aliphatic hydroxyl groups is 1. The second-order valence-electron chi connectivity index (χ2n) is 12.9. The first-order valence-electron chi connectivity index (χ1n) is 14.8. The number of anilines is 2. The van der Waals surface area contributed by atoms with E-state index in [0.717, 1.165) is 15.8 Å². The fraction of sp³-hybridized carbons (Fsp3) is 0.278. The van der Waals surface area contributed by atoms with Crippen molar-refractivity contribution in [2.75, 3.05) is 12.4 Å². The molecule has 5 rings (SSSR count). The highest BCUT2D eigenvalue weighted by molar-refractivity contribution is 5.84. The molecule has 0 aliphatic heterocycles. The standard InChI is InChI=1S/C36H37FN4O5/c1-35(2,3)24-15-21-18-38-41(33(44)31(21)28(37)17-24)30-10-8-9-26(27(30)20-42)22-16-29(32(43)40(6)19-22)39-25-13-11-23(12-14-25)36(4,5)34(45)46-7/h8-19,39,42H,20H2,1-7H3. The first-order chi connectivity index (χ1) is 21.7. The van der Waals surface area contributed by atoms with Crippen LogP contribution in [0.3, 0.4) is 0 Å². The van der Waals surface area contributed by atoms with Gasteiger partial charge in [-0.1, -0.05) is 45.0 Å². The molecular weight excluding hydrogens is 587 g/mol. The van der Waals surface area contributed by atoms with Crippen LogP contribution in [-0.4, -0.2) is 32.5 Å². The number of esters is 1. The number of carbonyl (C=O) groups is 1. The van der Waals surface area contributed by atoms with E-state index in [1.165, 1.54) is 23.9 Å². The van der Waals surface area contributed by atoms with Crippen LogP contribution in [0.25, 0.3) is 27.6 Å². The first-order valence-corrected chi connectivity index (χ1v) is 14.8. The molecule has 0 aliphatic rings. The number of rotatable bonds is 7. The molecule has 0 atom stereocenters. The number of nitrogens with zero attached hydrogens (tertiary/aromatic N) is 3. The van der Waals surface area contributed by atoms with Gasteiger partial charge in [-0.2, -0.15) is 9.78 Å². The molecule has 238 valence electrons. The maximum Gasteiger partial charge on any atom is 0.315 e. The molecule has 5 aromatic rings. The molecular formula is C36H37FN4O5. The van der Waals surface area contributed by atoms with Gasteiger partial charge in [-0.15, -0.1) is 0 Å². The Balaban J connectivity index is 1.57. The average Bonchev–Trinajstić information content (AvgIpc) is 3.02. The lowest BCUT2D eigenvalue weighted by atomic mass is 9.85. The molecule has 0 saturated heterocycles. The number of aryl methyl sites for hydroxylation is 1. The van der Waals surface area contributed by atoms with Crippen molar-refractivity contribution < 1.29 is 19.0 Å². The number of hydrogen-bond donors (Lipinski definition) is 2. The van der Waals surface area contributed by atoms with Gasteiger partial charge < -0.3 is 19.7 Å². The number of pyridine rings is 1. The van der Waals surface area contributed by atoms with Gasteiger partial charge in [0.05, 0.1) is 36.4 Å². The molecule has 9 nitrogen and oxygen atoms in total. The quantitative estimate of drug-likeness (QED) is 0.218. The van der Waals surface area contributed by atoms with Crippen molar-refractivity contribution in [3.05, 3.63) is 116 Å². The zero-order valence-electron chi connectivity index (χ0n) is 26.9. The summed E-state index contributed by atoms with van der Waals surface area (Å²) in [4.78, 5) is 39.0. The number of methoxy groups -OCH3 is 1. The summed E-state index contributed by atoms with van der Waals surface area (Å²) in [5.41, 5.74) is 2.10. The van der Waals surface area contributed by atoms with E-state index in [4.69, 9.17) is 4.74 Å². The molecule has 0 radical (unpaired) electrons. The molecule has 0 aliphatic carbocycles. The molecule has 0 fully saturated rings. The van der Waals surface area contributed by atoms with Gasteiger partial charge in [-0.25, -0.2) is 4.39 Å². The maximum atomic E-state index is 15.3. The molecule has 10 heteroatoms. The number of nitrogens with one attached hydrogen (secondary N) is 1. The number of benzene rings is 3. The second kappa shape index (κ2) is 12.0. The van der Waals surface area contributed by atoms with Crippen LogP contribution >= 0.6 is 0 Å². The summed E-state index contributed by atoms with van der Waals surface area (Å²) in [7, 11) is 2.96. The summed E-state index contributed by atoms with van der Waals surface area (Å²) >= 11 is 0. The smallest absolute Gasteiger partial charge is 0.315 e. The lowest BCUT2D eigenvalue weighted by Crippen LogP contribution is -2.30. The normalized spacial score (nSPS) is 11.9. The molecule has 0 bridgehead atoms. The molecule has 46 heavy (non-hydrogen) atoms. The van der Waals surface area contributed by atoms with E-state index < -0.39 is 23.4 Å². The van der Waals surface area contributed by atoms with Crippen LogP contribution in [0.1, 0.15) is 51.3 Å². The molecule has 2 aromatic heterocycles. The summed E-state index contributed by atoms with van der Waals surface area (Å²) in [5.74, 6) is -1.00. The number of fused-ring (bicyclic) bond motifs is 1. The van der Waals surface area contributed by atoms with Crippen LogP contribution in [-0.2, 0) is 34.0 Å². The van der Waals surface area contributed by atoms with Crippen LogP contribution in [0.4, 0.5) is 15.8 Å². The third kappa shape index (κ3) is 5.83. The van der Waals surface area contributed by atoms with E-state index in [9.17, 15) is 19.5 Å². The second-order valence-corrected chi connectivity index (χ2v) is 12.9. The van der Waals surface area contributed by atoms with Gasteiger partial charge in [0.15, 0.2) is 0 Å². The lowest BCUT2D eigenvalue weighted by molar-refractivity contribution is -0.146. The van der Waals surface area contributed by atoms with Crippen LogP contribution in [0.5, 0.6) is 0 Å². The minimum atomic E-state index is -0.849. The van der Waals surface area contributed by atoms with Gasteiger partial charge in [-0.05, 0) is 72.4 Å². The Morgan fingerprint density at radius 3 is 2.30 bits per heavy atom. The summed E-state index contributed by atoms with van der Waals surface area (Å²) in [6.07, 6.45) is 3.09. The van der Waals surface area contributed by atoms with Gasteiger partial charge in [0, 0.05) is 35.4 Å². The van der Waals surface area contributed by atoms with Gasteiger partial charge in [0.25, 0.3) is 11.1 Å². The molecule has 0 spiro atoms. The van der Waals surface area contributed by atoms with Gasteiger partial charge >= 0.3 is 5.97 Å². The van der Waals surface area contributed by atoms with Crippen molar-refractivity contribution in [2.45, 2.75) is 52.1 Å². The molecule has 2 heterocycles. The molecule has 0 unspecified atom stereocenters. The number of halogens is 1. The van der Waals surface area contributed by atoms with Crippen molar-refractivity contribution in [2.24, 2.45) is 7.05 Å². The van der Waals surface area contributed by atoms with Gasteiger partial charge in [-0.3, -0.25) is 14.4 Å². The SMILES string of the molecule is COC(=O)C(C)(C)c1ccc(Nc2cc(-c3cccc(-n4ncc5cc(C(C)(C)C)cc(F)c5c4=O)c3CO)cn(C)c2=O)cc1. The predicted octanol–water partition coefficient (Wildman–Crippen LogP) is 5.87. The topological polar surface area (TPSA) is 115 Å². The van der Waals surface area contributed by atoms with E-state index in [2.05, 4.69) is 10.4 Å². The molecule has 0 saturated carbocycles. The Labute approximate surface area is 265 Å². The Kier molecular flexibility index (Phi) is 8.44. The Bertz CT molecular complexity index is 2090. The lowest BCUT2D eigenvalue weighted by Gasteiger charge is -2.22. The van der Waals surface area contributed by atoms with Crippen LogP contribution in [0, 0.1) is 5.82 Å². The third-order valence-corrected chi connectivity index (χ3v) is 8.32. The minimum Gasteiger partial charge on any atom is -0.468 e. The average molecular weight is 625 g/mol. The fourth-order valence-electron chi connectivity index (χ4n) is 5.50. The molecule has 0 amide bonds. The maximum absolute atomic E-state index is 15.3. The van der Waals surface area contributed by atoms with E-state index in [-0.39, 0.29) is 28.0 Å². The Morgan fingerprint density at radius 1 is 0.978 bits per heavy atom. The number of ether oxygens (including phenoxy) is 1. The largest absolute Gasteiger partial charge is 0.468 e. The fourth-order valence-corrected chi connectivity index (χ4v) is 5.50. The van der Waals surface area contributed by atoms with Gasteiger partial charge in [0.1, 0.15) is 11.5 Å². The summed E-state index contributed by atoms with van der Waals surface area (Å²) in [6, 6.07) is 17.1. The van der Waals surface area contributed by atoms with Gasteiger partial charge in [0.2, 0.25) is 0 Å². The van der Waals surface area contributed by atoms with E-state index in [1.54, 1.807) is 81.7 Å². The highest BCUT2D eigenvalue weighted by Crippen LogP contribution is 2.32. The van der Waals surface area contributed by atoms with Crippen molar-refractivity contribution >= 4 is 28.1 Å². The highest BCUT2D eigenvalue weighted by atomic mass is 19.1. The van der Waals surface area contributed by atoms with Crippen LogP contribution in [0.2, 0.25) is 0 Å². The van der Waals surface area contributed by atoms with E-state index in [1.807, 2.05) is 20.8 Å². The Hall–Kier alpha value is -5.09. The zero-order valence-corrected chi connectivity index (χ0v) is 26.9. The molecule has 2 N–H and O–H groups in total. The summed E-state index contributed by atoms with van der Waals surface area (Å²) in [6.45, 7) is 8.98. The zero-order chi connectivity index (χ0) is 33.6. The number of aliphatic hydroxyl groups excluding tert-OH is 1. The number of carbonyl (C=O) groups excluding carboxylic acids is 1. The van der Waals surface area contributed by atoms with Crippen molar-refractivity contribution in [3.63, 3.8) is 0 Å². The first kappa shape index (κ1) is 32.3. The highest BCUT2D eigenvalue weighted by Gasteiger charge is 2.30. The monoisotopic (exact) mass is 624 g/mol. The van der Waals surface area contributed by atoms with Crippen LogP contribution in [0.15, 0.2) is 82.6 Å². The predicted molar refractivity (Wildman–Crippen MR) is 177 cm³/mol. The number of hydrogen-bond acceptors (Lipinski definition) is 7. The van der Waals surface area contributed by atoms with Crippen LogP contribution < -0.4 is 16.4 Å². The Morgan fingerprint density at radius 2 is 1.67 bits per heavy atom. The third-order valence-electron chi connectivity index (χ3n) is 8.32. The molecule has 3 aromatic carbocycles. The number of aromatic nitrogens is 3. The van der Waals surface area contributed by atoms with E-state index >= 15 is 4.39 Å². The van der Waals surface area contributed by atoms with Crippen molar-refractivity contribution in [1.82, 2.24) is 14.3 Å². The van der Waals surface area contributed by atoms with Crippen molar-refractivity contribution in [3.8, 4) is 16.8 Å². The van der Waals surface area contributed by atoms with Crippen molar-refractivity contribution in [1.29, 1.82) is 0 Å². The summed E-state index contributed by atoms with van der Waals surface area (Å²) < 4.78 is 22.8. The summed E-state index contributed by atoms with van der Waals surface area (Å²) in [5, 5.41) is 18.4. The van der Waals surface area contributed by atoms with E-state index in [0.29, 0.717) is 33.5 Å².